The summed E-state index contributed by atoms with van der Waals surface area (Å²) in [6.45, 7) is 9.09. The molecule has 2 heterocycles. The van der Waals surface area contributed by atoms with Gasteiger partial charge in [-0.3, -0.25) is 0 Å². The molecule has 2 unspecified atom stereocenters. The van der Waals surface area contributed by atoms with Gasteiger partial charge in [-0.1, -0.05) is 45.9 Å². The largest absolute Gasteiger partial charge is 0.497 e. The zero-order chi connectivity index (χ0) is 31.1. The van der Waals surface area contributed by atoms with Crippen molar-refractivity contribution in [2.75, 3.05) is 37.2 Å². The molecular formula is C34H44O2S8. The molecule has 2 aromatic rings. The fourth-order valence-corrected chi connectivity index (χ4v) is 18.7. The quantitative estimate of drug-likeness (QED) is 0.208. The summed E-state index contributed by atoms with van der Waals surface area (Å²) in [6, 6.07) is 14.1. The third kappa shape index (κ3) is 9.06. The van der Waals surface area contributed by atoms with Crippen LogP contribution in [0.3, 0.4) is 0 Å². The van der Waals surface area contributed by atoms with Crippen molar-refractivity contribution in [3.8, 4) is 11.5 Å². The van der Waals surface area contributed by atoms with Gasteiger partial charge >= 0.3 is 0 Å². The van der Waals surface area contributed by atoms with Crippen molar-refractivity contribution in [2.24, 2.45) is 11.8 Å². The van der Waals surface area contributed by atoms with Crippen molar-refractivity contribution < 1.29 is 9.47 Å². The molecule has 0 saturated carbocycles. The Kier molecular flexibility index (Phi) is 14.3. The van der Waals surface area contributed by atoms with Gasteiger partial charge in [0.25, 0.3) is 0 Å². The molecule has 0 fully saturated rings. The highest BCUT2D eigenvalue weighted by molar-refractivity contribution is 8.38. The molecule has 2 atom stereocenters. The lowest BCUT2D eigenvalue weighted by atomic mass is 9.87. The van der Waals surface area contributed by atoms with E-state index in [0.29, 0.717) is 21.0 Å². The maximum absolute atomic E-state index is 6.00. The third-order valence-corrected chi connectivity index (χ3v) is 19.6. The van der Waals surface area contributed by atoms with Gasteiger partial charge in [-0.05, 0) is 101 Å². The van der Waals surface area contributed by atoms with Gasteiger partial charge in [0.2, 0.25) is 0 Å². The molecule has 2 aliphatic heterocycles. The summed E-state index contributed by atoms with van der Waals surface area (Å²) < 4.78 is 19.0. The van der Waals surface area contributed by atoms with Crippen molar-refractivity contribution in [1.29, 1.82) is 0 Å². The fraction of sp³-hybridized carbons (Fsp3) is 0.529. The van der Waals surface area contributed by atoms with E-state index in [4.69, 9.17) is 9.47 Å². The van der Waals surface area contributed by atoms with E-state index in [2.05, 4.69) is 111 Å². The standard InChI is InChI=1S/C34H44O2S8/c1-7-37-31-32(38-8-2)42-29(41-31)25-15-21-11-12-28(36-6)24(14-21)20-26(17-23-13-22(16-25)18-27(19-23)35-5)30-43-33(39-9-3)34(44-30)40-10-4/h11-14,18-19,25-26,29-30H,7-10,15-17,20H2,1-6H3. The summed E-state index contributed by atoms with van der Waals surface area (Å²) in [4.78, 5) is 0. The van der Waals surface area contributed by atoms with Crippen LogP contribution in [0, 0.1) is 11.8 Å². The topological polar surface area (TPSA) is 18.5 Å². The first kappa shape index (κ1) is 35.6. The van der Waals surface area contributed by atoms with Gasteiger partial charge in [0.15, 0.2) is 0 Å². The Morgan fingerprint density at radius 2 is 1.02 bits per heavy atom. The first-order chi connectivity index (χ1) is 21.5. The summed E-state index contributed by atoms with van der Waals surface area (Å²) in [5.74, 6) is 7.49. The normalized spacial score (nSPS) is 21.5. The van der Waals surface area contributed by atoms with Gasteiger partial charge in [0.1, 0.15) is 11.5 Å². The molecule has 3 aliphatic rings. The van der Waals surface area contributed by atoms with Crippen LogP contribution in [-0.4, -0.2) is 46.4 Å². The second-order valence-corrected chi connectivity index (χ2v) is 22.1. The van der Waals surface area contributed by atoms with E-state index in [1.165, 1.54) is 39.2 Å². The van der Waals surface area contributed by atoms with Crippen LogP contribution in [0.1, 0.15) is 49.9 Å². The lowest BCUT2D eigenvalue weighted by Crippen LogP contribution is -2.21. The van der Waals surface area contributed by atoms with Crippen molar-refractivity contribution in [3.63, 3.8) is 0 Å². The van der Waals surface area contributed by atoms with Gasteiger partial charge in [0.05, 0.1) is 40.3 Å². The van der Waals surface area contributed by atoms with Crippen LogP contribution in [0.15, 0.2) is 53.3 Å². The Hall–Kier alpha value is 0.320. The first-order valence-electron chi connectivity index (χ1n) is 15.5. The second kappa shape index (κ2) is 17.6. The minimum Gasteiger partial charge on any atom is -0.497 e. The molecule has 44 heavy (non-hydrogen) atoms. The van der Waals surface area contributed by atoms with Gasteiger partial charge in [-0.15, -0.1) is 94.1 Å². The van der Waals surface area contributed by atoms with Crippen LogP contribution in [0.2, 0.25) is 0 Å². The van der Waals surface area contributed by atoms with Crippen LogP contribution in [0.4, 0.5) is 0 Å². The summed E-state index contributed by atoms with van der Waals surface area (Å²) >= 11 is 16.5. The van der Waals surface area contributed by atoms with E-state index in [1.54, 1.807) is 0 Å². The highest BCUT2D eigenvalue weighted by atomic mass is 32.3. The van der Waals surface area contributed by atoms with E-state index < -0.39 is 0 Å². The molecule has 2 aromatic carbocycles. The van der Waals surface area contributed by atoms with Crippen LogP contribution in [-0.2, 0) is 25.7 Å². The average Bonchev–Trinajstić information content (AvgIpc) is 3.60. The highest BCUT2D eigenvalue weighted by Crippen LogP contribution is 2.59. The van der Waals surface area contributed by atoms with Crippen molar-refractivity contribution in [2.45, 2.75) is 62.5 Å². The van der Waals surface area contributed by atoms with Crippen molar-refractivity contribution in [3.05, 3.63) is 75.6 Å². The minimum absolute atomic E-state index is 0.471. The Bertz CT molecular complexity index is 1310. The maximum atomic E-state index is 6.00. The Morgan fingerprint density at radius 1 is 0.568 bits per heavy atom. The molecule has 10 heteroatoms. The second-order valence-electron chi connectivity index (χ2n) is 10.8. The zero-order valence-electron chi connectivity index (χ0n) is 26.5. The molecule has 0 amide bonds. The molecule has 4 bridgehead atoms. The molecule has 0 aromatic heterocycles. The molecule has 2 nitrogen and oxygen atoms in total. The van der Waals surface area contributed by atoms with Crippen molar-refractivity contribution in [1.82, 2.24) is 0 Å². The molecule has 0 N–H and O–H groups in total. The first-order valence-corrected chi connectivity index (χ1v) is 22.9. The van der Waals surface area contributed by atoms with Gasteiger partial charge in [0, 0.05) is 0 Å². The van der Waals surface area contributed by atoms with Crippen LogP contribution >= 0.6 is 94.1 Å². The smallest absolute Gasteiger partial charge is 0.122 e. The lowest BCUT2D eigenvalue weighted by molar-refractivity contribution is 0.403. The number of hydrogen-bond acceptors (Lipinski definition) is 10. The van der Waals surface area contributed by atoms with E-state index >= 15 is 0 Å². The van der Waals surface area contributed by atoms with Crippen molar-refractivity contribution >= 4 is 94.1 Å². The molecular weight excluding hydrogens is 697 g/mol. The molecule has 0 spiro atoms. The number of methoxy groups -OCH3 is 2. The summed E-state index contributed by atoms with van der Waals surface area (Å²) in [5, 5.41) is 0. The highest BCUT2D eigenvalue weighted by Gasteiger charge is 2.36. The fourth-order valence-electron chi connectivity index (χ4n) is 5.86. The number of rotatable bonds is 12. The molecule has 0 radical (unpaired) electrons. The molecule has 0 saturated heterocycles. The maximum Gasteiger partial charge on any atom is 0.122 e. The van der Waals surface area contributed by atoms with Gasteiger partial charge in [-0.2, -0.15) is 0 Å². The number of hydrogen-bond donors (Lipinski definition) is 0. The third-order valence-electron chi connectivity index (χ3n) is 7.68. The number of benzene rings is 2. The van der Waals surface area contributed by atoms with Crippen LogP contribution in [0.25, 0.3) is 0 Å². The zero-order valence-corrected chi connectivity index (χ0v) is 33.0. The van der Waals surface area contributed by atoms with E-state index in [1.807, 2.05) is 61.3 Å². The Labute approximate surface area is 299 Å². The van der Waals surface area contributed by atoms with Crippen LogP contribution < -0.4 is 9.47 Å². The minimum atomic E-state index is 0.471. The summed E-state index contributed by atoms with van der Waals surface area (Å²) in [5.41, 5.74) is 5.60. The average molecular weight is 741 g/mol. The monoisotopic (exact) mass is 740 g/mol. The molecule has 1 aliphatic carbocycles. The number of thioether (sulfide) groups is 8. The van der Waals surface area contributed by atoms with Gasteiger partial charge in [-0.25, -0.2) is 0 Å². The number of ether oxygens (including phenoxy) is 2. The summed E-state index contributed by atoms with van der Waals surface area (Å²) in [6.07, 6.45) is 4.16. The number of fused-ring (bicyclic) bond motifs is 4. The molecule has 240 valence electrons. The Balaban J connectivity index is 1.50. The lowest BCUT2D eigenvalue weighted by Gasteiger charge is -2.28. The van der Waals surface area contributed by atoms with E-state index in [0.717, 1.165) is 60.2 Å². The predicted octanol–water partition coefficient (Wildman–Crippen LogP) is 11.7. The van der Waals surface area contributed by atoms with E-state index in [9.17, 15) is 0 Å². The molecule has 5 rings (SSSR count). The SMILES string of the molecule is CCSC1=C(SCC)SC(C2Cc3cc(cc(OC)c3)CC(C3SC(SCC)=C(SCC)S3)Cc3cc(ccc3OC)C2)S1. The van der Waals surface area contributed by atoms with Gasteiger partial charge < -0.3 is 9.47 Å². The summed E-state index contributed by atoms with van der Waals surface area (Å²) in [7, 11) is 3.65. The van der Waals surface area contributed by atoms with Crippen LogP contribution in [0.5, 0.6) is 11.5 Å². The Morgan fingerprint density at radius 3 is 1.45 bits per heavy atom. The predicted molar refractivity (Wildman–Crippen MR) is 212 cm³/mol. The van der Waals surface area contributed by atoms with E-state index in [-0.39, 0.29) is 0 Å².